The second-order valence-electron chi connectivity index (χ2n) is 5.77. The predicted octanol–water partition coefficient (Wildman–Crippen LogP) is 3.08. The van der Waals surface area contributed by atoms with E-state index >= 15 is 0 Å². The molecule has 0 aliphatic carbocycles. The number of nitrogens with one attached hydrogen (secondary N) is 1. The highest BCUT2D eigenvalue weighted by molar-refractivity contribution is 6.03. The van der Waals surface area contributed by atoms with Crippen LogP contribution in [0.4, 0.5) is 11.5 Å². The zero-order valence-electron chi connectivity index (χ0n) is 14.5. The molecule has 0 atom stereocenters. The Balaban J connectivity index is 1.74. The number of anilines is 2. The Kier molecular flexibility index (Phi) is 5.33. The summed E-state index contributed by atoms with van der Waals surface area (Å²) in [5, 5.41) is 2.83. The summed E-state index contributed by atoms with van der Waals surface area (Å²) in [6, 6.07) is 7.01. The van der Waals surface area contributed by atoms with E-state index in [4.69, 9.17) is 9.47 Å². The standard InChI is InChI=1S/C18H22N4O3/c1-3-7-22(8-4-2)17-10-14(19-11-20-17)18(23)21-13-5-6-15-16(9-13)25-12-24-15/h5-6,9-11H,3-4,7-8,12H2,1-2H3,(H,21,23). The molecule has 0 unspecified atom stereocenters. The van der Waals surface area contributed by atoms with E-state index in [1.807, 2.05) is 0 Å². The normalized spacial score (nSPS) is 12.1. The molecular formula is C18H22N4O3. The molecule has 0 spiro atoms. The predicted molar refractivity (Wildman–Crippen MR) is 95.3 cm³/mol. The summed E-state index contributed by atoms with van der Waals surface area (Å²) >= 11 is 0. The van der Waals surface area contributed by atoms with Gasteiger partial charge in [-0.05, 0) is 25.0 Å². The maximum Gasteiger partial charge on any atom is 0.274 e. The van der Waals surface area contributed by atoms with Crippen LogP contribution in [0.3, 0.4) is 0 Å². The van der Waals surface area contributed by atoms with Gasteiger partial charge in [0.2, 0.25) is 6.79 Å². The lowest BCUT2D eigenvalue weighted by atomic mass is 10.2. The molecule has 0 fully saturated rings. The number of carbonyl (C=O) groups excluding carboxylic acids is 1. The summed E-state index contributed by atoms with van der Waals surface area (Å²) in [5.74, 6) is 1.79. The number of fused-ring (bicyclic) bond motifs is 1. The Morgan fingerprint density at radius 1 is 1.12 bits per heavy atom. The highest BCUT2D eigenvalue weighted by Crippen LogP contribution is 2.34. The van der Waals surface area contributed by atoms with Gasteiger partial charge in [-0.3, -0.25) is 4.79 Å². The Hall–Kier alpha value is -2.83. The summed E-state index contributed by atoms with van der Waals surface area (Å²) in [6.07, 6.45) is 3.47. The van der Waals surface area contributed by atoms with Gasteiger partial charge in [0, 0.05) is 30.9 Å². The minimum absolute atomic E-state index is 0.201. The van der Waals surface area contributed by atoms with Crippen LogP contribution in [0, 0.1) is 0 Å². The lowest BCUT2D eigenvalue weighted by Gasteiger charge is -2.22. The molecule has 7 nitrogen and oxygen atoms in total. The monoisotopic (exact) mass is 342 g/mol. The van der Waals surface area contributed by atoms with Crippen LogP contribution in [0.5, 0.6) is 11.5 Å². The van der Waals surface area contributed by atoms with Crippen molar-refractivity contribution in [3.63, 3.8) is 0 Å². The Labute approximate surface area is 147 Å². The highest BCUT2D eigenvalue weighted by atomic mass is 16.7. The summed E-state index contributed by atoms with van der Waals surface area (Å²) in [4.78, 5) is 23.1. The van der Waals surface area contributed by atoms with Crippen molar-refractivity contribution in [1.82, 2.24) is 9.97 Å². The lowest BCUT2D eigenvalue weighted by Crippen LogP contribution is -2.26. The van der Waals surface area contributed by atoms with Crippen LogP contribution in [0.2, 0.25) is 0 Å². The van der Waals surface area contributed by atoms with Crippen LogP contribution in [0.1, 0.15) is 37.2 Å². The summed E-state index contributed by atoms with van der Waals surface area (Å²) in [7, 11) is 0. The second kappa shape index (κ2) is 7.83. The average Bonchev–Trinajstić information content (AvgIpc) is 3.09. The molecule has 1 N–H and O–H groups in total. The number of aromatic nitrogens is 2. The van der Waals surface area contributed by atoms with Crippen LogP contribution in [0.25, 0.3) is 0 Å². The third kappa shape index (κ3) is 3.99. The molecule has 2 heterocycles. The van der Waals surface area contributed by atoms with Crippen molar-refractivity contribution in [3.05, 3.63) is 36.3 Å². The highest BCUT2D eigenvalue weighted by Gasteiger charge is 2.16. The molecule has 0 saturated heterocycles. The number of hydrogen-bond donors (Lipinski definition) is 1. The first-order valence-electron chi connectivity index (χ1n) is 8.49. The van der Waals surface area contributed by atoms with Gasteiger partial charge in [0.15, 0.2) is 11.5 Å². The van der Waals surface area contributed by atoms with Crippen LogP contribution < -0.4 is 19.7 Å². The topological polar surface area (TPSA) is 76.6 Å². The molecule has 132 valence electrons. The molecule has 1 aromatic heterocycles. The number of ether oxygens (including phenoxy) is 2. The molecule has 0 bridgehead atoms. The molecule has 1 aliphatic rings. The van der Waals surface area contributed by atoms with Crippen LogP contribution in [-0.4, -0.2) is 35.8 Å². The molecule has 1 aliphatic heterocycles. The Bertz CT molecular complexity index is 745. The second-order valence-corrected chi connectivity index (χ2v) is 5.77. The molecule has 2 aromatic rings. The van der Waals surface area contributed by atoms with Crippen molar-refractivity contribution < 1.29 is 14.3 Å². The van der Waals surface area contributed by atoms with Gasteiger partial charge in [-0.1, -0.05) is 13.8 Å². The number of benzene rings is 1. The minimum Gasteiger partial charge on any atom is -0.454 e. The van der Waals surface area contributed by atoms with Gasteiger partial charge in [0.25, 0.3) is 5.91 Å². The summed E-state index contributed by atoms with van der Waals surface area (Å²) in [6.45, 7) is 6.24. The van der Waals surface area contributed by atoms with Crippen LogP contribution in [-0.2, 0) is 0 Å². The smallest absolute Gasteiger partial charge is 0.274 e. The van der Waals surface area contributed by atoms with E-state index in [1.165, 1.54) is 6.33 Å². The number of nitrogens with zero attached hydrogens (tertiary/aromatic N) is 3. The molecular weight excluding hydrogens is 320 g/mol. The Morgan fingerprint density at radius 3 is 2.64 bits per heavy atom. The molecule has 25 heavy (non-hydrogen) atoms. The zero-order chi connectivity index (χ0) is 17.6. The van der Waals surface area contributed by atoms with E-state index in [0.29, 0.717) is 22.9 Å². The number of amides is 1. The van der Waals surface area contributed by atoms with Crippen molar-refractivity contribution in [2.45, 2.75) is 26.7 Å². The minimum atomic E-state index is -0.282. The fourth-order valence-electron chi connectivity index (χ4n) is 2.69. The number of hydrogen-bond acceptors (Lipinski definition) is 6. The van der Waals surface area contributed by atoms with Crippen LogP contribution in [0.15, 0.2) is 30.6 Å². The SMILES string of the molecule is CCCN(CCC)c1cc(C(=O)Nc2ccc3c(c2)OCO3)ncn1. The third-order valence-electron chi connectivity index (χ3n) is 3.83. The maximum absolute atomic E-state index is 12.5. The fourth-order valence-corrected chi connectivity index (χ4v) is 2.69. The Morgan fingerprint density at radius 2 is 1.88 bits per heavy atom. The van der Waals surface area contributed by atoms with Gasteiger partial charge in [0.05, 0.1) is 0 Å². The van der Waals surface area contributed by atoms with Gasteiger partial charge < -0.3 is 19.7 Å². The summed E-state index contributed by atoms with van der Waals surface area (Å²) in [5.41, 5.74) is 0.966. The van der Waals surface area contributed by atoms with E-state index in [9.17, 15) is 4.79 Å². The number of carbonyl (C=O) groups is 1. The quantitative estimate of drug-likeness (QED) is 0.833. The lowest BCUT2D eigenvalue weighted by molar-refractivity contribution is 0.102. The average molecular weight is 342 g/mol. The van der Waals surface area contributed by atoms with Crippen molar-refractivity contribution >= 4 is 17.4 Å². The first-order chi connectivity index (χ1) is 12.2. The zero-order valence-corrected chi connectivity index (χ0v) is 14.5. The fraction of sp³-hybridized carbons (Fsp3) is 0.389. The van der Waals surface area contributed by atoms with Gasteiger partial charge in [-0.15, -0.1) is 0 Å². The van der Waals surface area contributed by atoms with E-state index in [0.717, 1.165) is 31.7 Å². The molecule has 7 heteroatoms. The van der Waals surface area contributed by atoms with Gasteiger partial charge in [-0.25, -0.2) is 9.97 Å². The van der Waals surface area contributed by atoms with E-state index in [-0.39, 0.29) is 12.7 Å². The maximum atomic E-state index is 12.5. The summed E-state index contributed by atoms with van der Waals surface area (Å²) < 4.78 is 10.6. The van der Waals surface area contributed by atoms with Crippen LogP contribution >= 0.6 is 0 Å². The molecule has 1 amide bonds. The molecule has 0 radical (unpaired) electrons. The van der Waals surface area contributed by atoms with Gasteiger partial charge >= 0.3 is 0 Å². The molecule has 3 rings (SSSR count). The molecule has 1 aromatic carbocycles. The largest absolute Gasteiger partial charge is 0.454 e. The van der Waals surface area contributed by atoms with Crippen molar-refractivity contribution in [2.24, 2.45) is 0 Å². The van der Waals surface area contributed by atoms with Crippen molar-refractivity contribution in [3.8, 4) is 11.5 Å². The molecule has 0 saturated carbocycles. The van der Waals surface area contributed by atoms with Gasteiger partial charge in [0.1, 0.15) is 17.8 Å². The van der Waals surface area contributed by atoms with E-state index in [2.05, 4.69) is 34.0 Å². The van der Waals surface area contributed by atoms with E-state index < -0.39 is 0 Å². The van der Waals surface area contributed by atoms with Crippen molar-refractivity contribution in [1.29, 1.82) is 0 Å². The van der Waals surface area contributed by atoms with E-state index in [1.54, 1.807) is 24.3 Å². The number of rotatable bonds is 7. The first kappa shape index (κ1) is 17.0. The first-order valence-corrected chi connectivity index (χ1v) is 8.49. The van der Waals surface area contributed by atoms with Crippen molar-refractivity contribution in [2.75, 3.05) is 30.1 Å². The van der Waals surface area contributed by atoms with Gasteiger partial charge in [-0.2, -0.15) is 0 Å². The third-order valence-corrected chi connectivity index (χ3v) is 3.83.